The van der Waals surface area contributed by atoms with Gasteiger partial charge in [-0.25, -0.2) is 0 Å². The maximum atomic E-state index is 10.2. The molecule has 0 amide bonds. The third kappa shape index (κ3) is 10.4. The molecule has 9 aromatic carbocycles. The molecule has 0 N–H and O–H groups in total. The Morgan fingerprint density at radius 1 is 0.190 bits per heavy atom. The predicted molar refractivity (Wildman–Crippen MR) is 297 cm³/mol. The molecule has 0 aliphatic rings. The summed E-state index contributed by atoms with van der Waals surface area (Å²) in [5.74, 6) is 0. The van der Waals surface area contributed by atoms with Crippen molar-refractivity contribution in [2.75, 3.05) is 0 Å². The van der Waals surface area contributed by atoms with Crippen molar-refractivity contribution in [2.45, 2.75) is 44.1 Å². The van der Waals surface area contributed by atoms with Crippen molar-refractivity contribution in [2.24, 2.45) is 0 Å². The molecule has 0 aliphatic heterocycles. The van der Waals surface area contributed by atoms with Gasteiger partial charge in [0.1, 0.15) is 0 Å². The molecule has 0 bridgehead atoms. The van der Waals surface area contributed by atoms with Crippen molar-refractivity contribution in [1.82, 2.24) is 0 Å². The Bertz CT molecular complexity index is 3270. The second-order valence-corrected chi connectivity index (χ2v) is 25.1. The number of hydrogen-bond acceptors (Lipinski definition) is 12. The van der Waals surface area contributed by atoms with E-state index in [0.29, 0.717) is 94.1 Å². The van der Waals surface area contributed by atoms with Crippen molar-refractivity contribution in [3.05, 3.63) is 268 Å². The van der Waals surface area contributed by atoms with Crippen LogP contribution in [0.1, 0.15) is 50.1 Å². The summed E-state index contributed by atoms with van der Waals surface area (Å²) in [4.78, 5) is 4.79. The average Bonchev–Trinajstić information content (AvgIpc) is 3.65. The van der Waals surface area contributed by atoms with Crippen LogP contribution in [0.5, 0.6) is 0 Å². The molecule has 9 rings (SSSR count). The van der Waals surface area contributed by atoms with Crippen LogP contribution in [0.4, 0.5) is 0 Å². The summed E-state index contributed by atoms with van der Waals surface area (Å²) < 4.78 is 24.1. The van der Waals surface area contributed by atoms with Gasteiger partial charge in [-0.15, -0.1) is 0 Å². The maximum Gasteiger partial charge on any atom is 0.673 e. The molecule has 0 heterocycles. The van der Waals surface area contributed by atoms with E-state index in [-0.39, 0.29) is 0 Å². The fraction of sp³-hybridized carbons (Fsp3) is 0. The zero-order valence-electron chi connectivity index (χ0n) is 41.3. The van der Waals surface area contributed by atoms with Crippen LogP contribution in [0.25, 0.3) is 0 Å². The highest BCUT2D eigenvalue weighted by Gasteiger charge is 2.50. The van der Waals surface area contributed by atoms with Crippen LogP contribution in [0.3, 0.4) is 0 Å². The van der Waals surface area contributed by atoms with Gasteiger partial charge in [-0.1, -0.05) is 30.9 Å². The standard InChI is InChI=1S/C63H36BN9O3S3/c65-37-46-1-19-55(20-2-46)77(56-21-3-47(38-66)4-22-56,57-23-5-48(39-67)6-24-57)74-64(75-78(58-25-7-49(40-68)8-26-58,59-27-9-50(41-69)10-28-59)60-29-11-51(42-70)12-30-60)76-79(61-31-13-52(43-71)14-32-61,62-33-15-53(44-72)16-34-62)63-35-17-54(45-73)18-36-63/h1-36H. The molecule has 0 aliphatic carbocycles. The molecule has 0 spiro atoms. The van der Waals surface area contributed by atoms with Gasteiger partial charge < -0.3 is 12.3 Å². The second-order valence-electron chi connectivity index (χ2n) is 17.0. The Hall–Kier alpha value is -10.6. The van der Waals surface area contributed by atoms with E-state index < -0.39 is 38.2 Å². The molecule has 372 valence electrons. The number of nitriles is 9. The molecular formula is C63H36BN9O3S3. The van der Waals surface area contributed by atoms with Gasteiger partial charge in [0, 0.05) is 44.1 Å². The lowest BCUT2D eigenvalue weighted by atomic mass is 10.2. The Kier molecular flexibility index (Phi) is 15.8. The summed E-state index contributed by atoms with van der Waals surface area (Å²) in [6.45, 7) is 0. The van der Waals surface area contributed by atoms with Crippen molar-refractivity contribution < 1.29 is 12.3 Å². The Morgan fingerprint density at radius 3 is 0.380 bits per heavy atom. The van der Waals surface area contributed by atoms with Crippen molar-refractivity contribution in [1.29, 1.82) is 47.4 Å². The van der Waals surface area contributed by atoms with Crippen LogP contribution in [-0.2, 0) is 12.3 Å². The molecule has 79 heavy (non-hydrogen) atoms. The van der Waals surface area contributed by atoms with Crippen LogP contribution in [0, 0.1) is 102 Å². The molecule has 9 aromatic rings. The van der Waals surface area contributed by atoms with E-state index in [1.54, 1.807) is 218 Å². The van der Waals surface area contributed by atoms with Crippen molar-refractivity contribution in [3.8, 4) is 54.6 Å². The average molecular weight is 1070 g/mol. The lowest BCUT2D eigenvalue weighted by Gasteiger charge is -2.49. The van der Waals surface area contributed by atoms with E-state index in [9.17, 15) is 47.4 Å². The molecule has 0 aromatic heterocycles. The lowest BCUT2D eigenvalue weighted by molar-refractivity contribution is 0.353. The maximum absolute atomic E-state index is 10.2. The van der Waals surface area contributed by atoms with Crippen LogP contribution in [0.15, 0.2) is 262 Å². The van der Waals surface area contributed by atoms with Crippen molar-refractivity contribution >= 4 is 38.2 Å². The fourth-order valence-corrected chi connectivity index (χ4v) is 17.8. The van der Waals surface area contributed by atoms with E-state index in [1.165, 1.54) is 0 Å². The van der Waals surface area contributed by atoms with Gasteiger partial charge in [0.05, 0.1) is 105 Å². The fourth-order valence-electron chi connectivity index (χ4n) is 8.62. The molecule has 0 unspecified atom stereocenters. The summed E-state index contributed by atoms with van der Waals surface area (Å²) in [7, 11) is -11.9. The third-order valence-corrected chi connectivity index (χ3v) is 22.3. The summed E-state index contributed by atoms with van der Waals surface area (Å²) in [6, 6.07) is 81.5. The molecule has 16 heteroatoms. The monoisotopic (exact) mass is 1070 g/mol. The Labute approximate surface area is 462 Å². The van der Waals surface area contributed by atoms with Crippen LogP contribution < -0.4 is 0 Å². The first kappa shape index (κ1) is 53.2. The summed E-state index contributed by atoms with van der Waals surface area (Å²) in [6.07, 6.45) is 0. The first-order valence-corrected chi connectivity index (χ1v) is 28.4. The SMILES string of the molecule is N#Cc1ccc(S(OB(OS(c2ccc(C#N)cc2)(c2ccc(C#N)cc2)c2ccc(C#N)cc2)OS(c2ccc(C#N)cc2)(c2ccc(C#N)cc2)c2ccc(C#N)cc2)(c2ccc(C#N)cc2)c2ccc(C#N)cc2)cc1. The minimum atomic E-state index is -3.32. The Morgan fingerprint density at radius 2 is 0.291 bits per heavy atom. The largest absolute Gasteiger partial charge is 0.673 e. The topological polar surface area (TPSA) is 242 Å². The minimum Gasteiger partial charge on any atom is -0.323 e. The van der Waals surface area contributed by atoms with Gasteiger partial charge in [-0.3, -0.25) is 0 Å². The highest BCUT2D eigenvalue weighted by molar-refractivity contribution is 8.32. The quantitative estimate of drug-likeness (QED) is 0.0871. The molecule has 0 saturated carbocycles. The molecule has 0 radical (unpaired) electrons. The van der Waals surface area contributed by atoms with Gasteiger partial charge in [-0.2, -0.15) is 47.4 Å². The smallest absolute Gasteiger partial charge is 0.323 e. The highest BCUT2D eigenvalue weighted by atomic mass is 32.3. The zero-order valence-corrected chi connectivity index (χ0v) is 43.8. The van der Waals surface area contributed by atoms with Gasteiger partial charge in [-0.05, 0) is 218 Å². The van der Waals surface area contributed by atoms with Crippen LogP contribution in [0.2, 0.25) is 0 Å². The van der Waals surface area contributed by atoms with Gasteiger partial charge in [0.2, 0.25) is 0 Å². The second kappa shape index (κ2) is 23.5. The van der Waals surface area contributed by atoms with Crippen LogP contribution >= 0.6 is 30.9 Å². The van der Waals surface area contributed by atoms with Gasteiger partial charge in [0.25, 0.3) is 0 Å². The number of benzene rings is 9. The van der Waals surface area contributed by atoms with E-state index in [4.69, 9.17) is 12.3 Å². The van der Waals surface area contributed by atoms with E-state index >= 15 is 0 Å². The van der Waals surface area contributed by atoms with E-state index in [2.05, 4.69) is 54.6 Å². The normalized spacial score (nSPS) is 11.4. The van der Waals surface area contributed by atoms with Gasteiger partial charge >= 0.3 is 7.32 Å². The summed E-state index contributed by atoms with van der Waals surface area (Å²) >= 11 is 0. The first-order valence-electron chi connectivity index (χ1n) is 23.7. The molecule has 0 fully saturated rings. The summed E-state index contributed by atoms with van der Waals surface area (Å²) in [5.41, 5.74) is 3.10. The van der Waals surface area contributed by atoms with Crippen LogP contribution in [-0.4, -0.2) is 7.32 Å². The minimum absolute atomic E-state index is 0.345. The first-order chi connectivity index (χ1) is 38.6. The number of nitrogens with zero attached hydrogens (tertiary/aromatic N) is 9. The van der Waals surface area contributed by atoms with E-state index in [1.807, 2.05) is 0 Å². The number of hydrogen-bond donors (Lipinski definition) is 0. The molecule has 12 nitrogen and oxygen atoms in total. The predicted octanol–water partition coefficient (Wildman–Crippen LogP) is 14.6. The molecule has 0 atom stereocenters. The number of rotatable bonds is 15. The molecule has 0 saturated heterocycles. The summed E-state index contributed by atoms with van der Waals surface area (Å²) in [5, 5.41) is 91.4. The lowest BCUT2D eigenvalue weighted by Crippen LogP contribution is -2.33. The highest BCUT2D eigenvalue weighted by Crippen LogP contribution is 2.76. The zero-order chi connectivity index (χ0) is 55.4. The Balaban J connectivity index is 1.47. The van der Waals surface area contributed by atoms with Crippen molar-refractivity contribution in [3.63, 3.8) is 0 Å². The molecular weight excluding hydrogens is 1040 g/mol. The van der Waals surface area contributed by atoms with E-state index in [0.717, 1.165) is 0 Å². The van der Waals surface area contributed by atoms with Gasteiger partial charge in [0.15, 0.2) is 0 Å². The third-order valence-electron chi connectivity index (χ3n) is 12.5.